The maximum Gasteiger partial charge on any atom is 0.352 e. The highest BCUT2D eigenvalue weighted by Gasteiger charge is 2.52. The third-order valence-electron chi connectivity index (χ3n) is 4.51. The molecule has 0 aromatic carbocycles. The summed E-state index contributed by atoms with van der Waals surface area (Å²) in [4.78, 5) is 24.8. The second-order valence-corrected chi connectivity index (χ2v) is 7.23. The summed E-state index contributed by atoms with van der Waals surface area (Å²) in [6.07, 6.45) is 2.38. The topological polar surface area (TPSA) is 83.6 Å². The largest absolute Gasteiger partial charge is 0.477 e. The molecule has 3 rings (SSSR count). The highest BCUT2D eigenvalue weighted by molar-refractivity contribution is 8.00. The molecule has 2 saturated heterocycles. The third kappa shape index (κ3) is 2.04. The first-order chi connectivity index (χ1) is 9.43. The number of amides is 1. The van der Waals surface area contributed by atoms with E-state index in [9.17, 15) is 14.7 Å². The second-order valence-electron chi connectivity index (χ2n) is 6.12. The lowest BCUT2D eigenvalue weighted by Crippen LogP contribution is -2.68. The Balaban J connectivity index is 1.90. The SMILES string of the molecule is C[N+]1(CC2=C(C(=O)O)N3C(=O)C(N)[C@@H]3SC2)CCCC1. The summed E-state index contributed by atoms with van der Waals surface area (Å²) in [5, 5.41) is 9.29. The smallest absolute Gasteiger partial charge is 0.352 e. The summed E-state index contributed by atoms with van der Waals surface area (Å²) >= 11 is 1.59. The fraction of sp³-hybridized carbons (Fsp3) is 0.692. The monoisotopic (exact) mass is 298 g/mol. The first-order valence-electron chi connectivity index (χ1n) is 6.92. The maximum atomic E-state index is 11.9. The van der Waals surface area contributed by atoms with Crippen molar-refractivity contribution in [2.24, 2.45) is 5.73 Å². The molecule has 7 heteroatoms. The fourth-order valence-corrected chi connectivity index (χ4v) is 4.70. The van der Waals surface area contributed by atoms with Crippen molar-refractivity contribution in [1.82, 2.24) is 4.90 Å². The third-order valence-corrected chi connectivity index (χ3v) is 5.87. The number of aliphatic carboxylic acids is 1. The van der Waals surface area contributed by atoms with E-state index in [4.69, 9.17) is 5.73 Å². The van der Waals surface area contributed by atoms with Crippen LogP contribution in [0, 0.1) is 0 Å². The first-order valence-corrected chi connectivity index (χ1v) is 7.97. The van der Waals surface area contributed by atoms with Crippen LogP contribution in [0.3, 0.4) is 0 Å². The first kappa shape index (κ1) is 13.9. The molecule has 3 aliphatic heterocycles. The molecular weight excluding hydrogens is 278 g/mol. The van der Waals surface area contributed by atoms with Gasteiger partial charge in [-0.3, -0.25) is 9.69 Å². The van der Waals surface area contributed by atoms with Crippen LogP contribution in [0.1, 0.15) is 12.8 Å². The van der Waals surface area contributed by atoms with Crippen LogP contribution in [0.15, 0.2) is 11.3 Å². The number of carbonyl (C=O) groups excluding carboxylic acids is 1. The van der Waals surface area contributed by atoms with Gasteiger partial charge in [-0.25, -0.2) is 4.79 Å². The van der Waals surface area contributed by atoms with Crippen molar-refractivity contribution in [2.75, 3.05) is 32.4 Å². The molecule has 110 valence electrons. The Labute approximate surface area is 122 Å². The van der Waals surface area contributed by atoms with Gasteiger partial charge in [0.1, 0.15) is 23.7 Å². The van der Waals surface area contributed by atoms with Gasteiger partial charge in [0.2, 0.25) is 5.91 Å². The zero-order valence-electron chi connectivity index (χ0n) is 11.5. The van der Waals surface area contributed by atoms with Gasteiger partial charge in [0.15, 0.2) is 0 Å². The fourth-order valence-electron chi connectivity index (χ4n) is 3.42. The van der Waals surface area contributed by atoms with Gasteiger partial charge in [0.25, 0.3) is 0 Å². The quantitative estimate of drug-likeness (QED) is 0.557. The normalized spacial score (nSPS) is 32.1. The van der Waals surface area contributed by atoms with E-state index < -0.39 is 12.0 Å². The van der Waals surface area contributed by atoms with Crippen LogP contribution in [0.2, 0.25) is 0 Å². The number of nitrogens with zero attached hydrogens (tertiary/aromatic N) is 2. The average molecular weight is 298 g/mol. The number of carboxylic acids is 1. The molecule has 0 radical (unpaired) electrons. The van der Waals surface area contributed by atoms with Crippen LogP contribution in [0.5, 0.6) is 0 Å². The van der Waals surface area contributed by atoms with E-state index in [1.807, 2.05) is 0 Å². The van der Waals surface area contributed by atoms with E-state index in [1.54, 1.807) is 11.8 Å². The van der Waals surface area contributed by atoms with Gasteiger partial charge < -0.3 is 15.3 Å². The van der Waals surface area contributed by atoms with E-state index in [0.717, 1.165) is 29.7 Å². The Hall–Kier alpha value is -1.05. The number of β-lactam (4-membered cyclic amide) rings is 1. The number of thioether (sulfide) groups is 1. The Morgan fingerprint density at radius 2 is 2.15 bits per heavy atom. The molecule has 1 unspecified atom stereocenters. The Bertz CT molecular complexity index is 499. The number of quaternary nitrogens is 1. The zero-order valence-corrected chi connectivity index (χ0v) is 12.4. The van der Waals surface area contributed by atoms with E-state index >= 15 is 0 Å². The zero-order chi connectivity index (χ0) is 14.5. The van der Waals surface area contributed by atoms with Crippen molar-refractivity contribution >= 4 is 23.6 Å². The van der Waals surface area contributed by atoms with Gasteiger partial charge in [0, 0.05) is 24.2 Å². The molecule has 0 saturated carbocycles. The van der Waals surface area contributed by atoms with Crippen molar-refractivity contribution in [3.05, 3.63) is 11.3 Å². The van der Waals surface area contributed by atoms with E-state index in [-0.39, 0.29) is 17.0 Å². The van der Waals surface area contributed by atoms with Crippen LogP contribution in [-0.4, -0.2) is 70.2 Å². The summed E-state index contributed by atoms with van der Waals surface area (Å²) in [6.45, 7) is 2.89. The molecule has 1 amide bonds. The van der Waals surface area contributed by atoms with Gasteiger partial charge in [-0.05, 0) is 0 Å². The molecule has 0 spiro atoms. The van der Waals surface area contributed by atoms with Crippen LogP contribution in [-0.2, 0) is 9.59 Å². The van der Waals surface area contributed by atoms with Crippen molar-refractivity contribution in [3.8, 4) is 0 Å². The summed E-state index contributed by atoms with van der Waals surface area (Å²) in [5.74, 6) is -0.602. The summed E-state index contributed by atoms with van der Waals surface area (Å²) in [6, 6.07) is -0.549. The van der Waals surface area contributed by atoms with Gasteiger partial charge in [-0.2, -0.15) is 0 Å². The Morgan fingerprint density at radius 3 is 2.75 bits per heavy atom. The minimum Gasteiger partial charge on any atom is -0.477 e. The number of carboxylic acid groups (broad SMARTS) is 1. The van der Waals surface area contributed by atoms with Gasteiger partial charge >= 0.3 is 5.97 Å². The van der Waals surface area contributed by atoms with E-state index in [2.05, 4.69) is 7.05 Å². The molecule has 2 atom stereocenters. The minimum atomic E-state index is -1.00. The van der Waals surface area contributed by atoms with Crippen LogP contribution in [0.25, 0.3) is 0 Å². The molecule has 0 aromatic rings. The van der Waals surface area contributed by atoms with Crippen LogP contribution < -0.4 is 5.73 Å². The predicted molar refractivity (Wildman–Crippen MR) is 75.7 cm³/mol. The summed E-state index contributed by atoms with van der Waals surface area (Å²) in [5.41, 5.74) is 6.81. The highest BCUT2D eigenvalue weighted by atomic mass is 32.2. The highest BCUT2D eigenvalue weighted by Crippen LogP contribution is 2.40. The molecular formula is C13H20N3O3S+. The number of likely N-dealkylation sites (tertiary alicyclic amines) is 1. The average Bonchev–Trinajstić information content (AvgIpc) is 2.83. The molecule has 20 heavy (non-hydrogen) atoms. The molecule has 0 aromatic heterocycles. The number of rotatable bonds is 3. The van der Waals surface area contributed by atoms with Crippen molar-refractivity contribution in [2.45, 2.75) is 24.3 Å². The number of fused-ring (bicyclic) bond motifs is 1. The Kier molecular flexibility index (Phi) is 3.30. The standard InChI is InChI=1S/C13H19N3O3S/c1-16(4-2-3-5-16)6-8-7-20-12-9(14)11(17)15(12)10(8)13(18)19/h9,12H,2-7,14H2,1H3/p+1/t9?,12-/m0/s1. The minimum absolute atomic E-state index is 0.187. The number of hydrogen-bond acceptors (Lipinski definition) is 4. The predicted octanol–water partition coefficient (Wildman–Crippen LogP) is -0.192. The lowest BCUT2D eigenvalue weighted by Gasteiger charge is -2.48. The van der Waals surface area contributed by atoms with Crippen molar-refractivity contribution in [1.29, 1.82) is 0 Å². The molecule has 3 N–H and O–H groups in total. The van der Waals surface area contributed by atoms with Crippen molar-refractivity contribution < 1.29 is 19.2 Å². The van der Waals surface area contributed by atoms with Gasteiger partial charge in [0.05, 0.1) is 20.1 Å². The van der Waals surface area contributed by atoms with E-state index in [1.165, 1.54) is 17.7 Å². The number of hydrogen-bond donors (Lipinski definition) is 2. The van der Waals surface area contributed by atoms with Gasteiger partial charge in [-0.15, -0.1) is 11.8 Å². The van der Waals surface area contributed by atoms with Crippen molar-refractivity contribution in [3.63, 3.8) is 0 Å². The number of nitrogens with two attached hydrogens (primary N) is 1. The maximum absolute atomic E-state index is 11.9. The summed E-state index contributed by atoms with van der Waals surface area (Å²) in [7, 11) is 2.17. The molecule has 0 aliphatic carbocycles. The summed E-state index contributed by atoms with van der Waals surface area (Å²) < 4.78 is 0.880. The second kappa shape index (κ2) is 4.75. The molecule has 0 bridgehead atoms. The molecule has 6 nitrogen and oxygen atoms in total. The van der Waals surface area contributed by atoms with E-state index in [0.29, 0.717) is 5.75 Å². The Morgan fingerprint density at radius 1 is 1.50 bits per heavy atom. The number of likely N-dealkylation sites (N-methyl/N-ethyl adjacent to an activating group) is 1. The molecule has 2 fully saturated rings. The van der Waals surface area contributed by atoms with Gasteiger partial charge in [-0.1, -0.05) is 0 Å². The number of carbonyl (C=O) groups is 2. The van der Waals surface area contributed by atoms with Crippen LogP contribution >= 0.6 is 11.8 Å². The lowest BCUT2D eigenvalue weighted by molar-refractivity contribution is -0.893. The molecule has 3 heterocycles. The van der Waals surface area contributed by atoms with Crippen LogP contribution in [0.4, 0.5) is 0 Å². The molecule has 3 aliphatic rings. The lowest BCUT2D eigenvalue weighted by atomic mass is 10.0.